The van der Waals surface area contributed by atoms with E-state index in [9.17, 15) is 0 Å². The van der Waals surface area contributed by atoms with E-state index in [1.54, 1.807) is 0 Å². The zero-order valence-electron chi connectivity index (χ0n) is 9.40. The first kappa shape index (κ1) is 8.92. The van der Waals surface area contributed by atoms with Crippen molar-refractivity contribution in [1.82, 2.24) is 0 Å². The topological polar surface area (TPSA) is 0 Å². The van der Waals surface area contributed by atoms with Crippen molar-refractivity contribution in [2.24, 2.45) is 0 Å². The van der Waals surface area contributed by atoms with Crippen LogP contribution in [0.4, 0.5) is 0 Å². The van der Waals surface area contributed by atoms with Crippen LogP contribution in [0.3, 0.4) is 0 Å². The van der Waals surface area contributed by atoms with Crippen LogP contribution < -0.4 is 0 Å². The molecule has 2 aliphatic carbocycles. The van der Waals surface area contributed by atoms with Crippen molar-refractivity contribution in [3.8, 4) is 0 Å². The van der Waals surface area contributed by atoms with E-state index < -0.39 is 0 Å². The molecule has 0 fully saturated rings. The van der Waals surface area contributed by atoms with Gasteiger partial charge in [0.15, 0.2) is 0 Å². The summed E-state index contributed by atoms with van der Waals surface area (Å²) in [5.41, 5.74) is 5.62. The van der Waals surface area contributed by atoms with Gasteiger partial charge in [-0.3, -0.25) is 0 Å². The maximum absolute atomic E-state index is 3.17. The zero-order valence-corrected chi connectivity index (χ0v) is 9.40. The minimum absolute atomic E-state index is 1.05. The first-order chi connectivity index (χ1) is 8.42. The third kappa shape index (κ3) is 1.22. The minimum Gasteiger partial charge on any atom is -0.0616 e. The molecule has 0 saturated carbocycles. The molecule has 4 rings (SSSR count). The number of allylic oxidation sites excluding steroid dienone is 6. The van der Waals surface area contributed by atoms with Gasteiger partial charge in [-0.1, -0.05) is 24.3 Å². The molecule has 0 unspecified atom stereocenters. The van der Waals surface area contributed by atoms with Crippen LogP contribution in [0.25, 0.3) is 16.3 Å². The van der Waals surface area contributed by atoms with Crippen LogP contribution in [-0.2, 0) is 6.42 Å². The summed E-state index contributed by atoms with van der Waals surface area (Å²) in [4.78, 5) is 0. The molecule has 0 atom stereocenters. The van der Waals surface area contributed by atoms with Gasteiger partial charge in [-0.25, -0.2) is 0 Å². The Kier molecular flexibility index (Phi) is 1.66. The Morgan fingerprint density at radius 1 is 1.00 bits per heavy atom. The number of benzene rings is 2. The molecule has 78 valence electrons. The molecular weight excluding hydrogens is 204 g/mol. The molecule has 0 N–H and O–H groups in total. The number of rotatable bonds is 0. The highest BCUT2D eigenvalue weighted by Crippen LogP contribution is 2.38. The first-order valence-electron chi connectivity index (χ1n) is 5.93. The molecular formula is C17H11+. The second-order valence-corrected chi connectivity index (χ2v) is 4.62. The molecule has 0 aliphatic heterocycles. The molecule has 2 aromatic carbocycles. The zero-order chi connectivity index (χ0) is 11.2. The highest BCUT2D eigenvalue weighted by atomic mass is 14.2. The molecule has 0 amide bonds. The van der Waals surface area contributed by atoms with E-state index in [0.717, 1.165) is 6.42 Å². The summed E-state index contributed by atoms with van der Waals surface area (Å²) in [6.07, 6.45) is 10.5. The predicted octanol–water partition coefficient (Wildman–Crippen LogP) is 4.08. The van der Waals surface area contributed by atoms with Crippen molar-refractivity contribution in [2.75, 3.05) is 0 Å². The maximum atomic E-state index is 3.17. The van der Waals surface area contributed by atoms with E-state index >= 15 is 0 Å². The third-order valence-corrected chi connectivity index (χ3v) is 3.59. The summed E-state index contributed by atoms with van der Waals surface area (Å²) in [5, 5.41) is 2.66. The summed E-state index contributed by atoms with van der Waals surface area (Å²) in [5.74, 6) is 0. The van der Waals surface area contributed by atoms with Gasteiger partial charge in [-0.2, -0.15) is 0 Å². The first-order valence-corrected chi connectivity index (χ1v) is 5.93. The Labute approximate surface area is 101 Å². The van der Waals surface area contributed by atoms with Gasteiger partial charge in [0.2, 0.25) is 0 Å². The fourth-order valence-electron chi connectivity index (χ4n) is 2.76. The standard InChI is InChI=1S/C17H11/c1-2-6-13-11-17-15(9-12(13)5-1)10-14-7-3-4-8-16(14)17/h1-2,4-9,11H,10H2/q+1. The molecule has 0 heteroatoms. The van der Waals surface area contributed by atoms with Gasteiger partial charge in [0.05, 0.1) is 17.2 Å². The minimum atomic E-state index is 1.05. The molecule has 0 spiro atoms. The summed E-state index contributed by atoms with van der Waals surface area (Å²) in [6, 6.07) is 13.2. The molecule has 0 nitrogen and oxygen atoms in total. The average Bonchev–Trinajstić information content (AvgIpc) is 2.73. The van der Waals surface area contributed by atoms with Crippen LogP contribution in [0.5, 0.6) is 0 Å². The second kappa shape index (κ2) is 3.16. The smallest absolute Gasteiger partial charge is 0.0616 e. The highest BCUT2D eigenvalue weighted by molar-refractivity contribution is 5.93. The lowest BCUT2D eigenvalue weighted by Crippen LogP contribution is -1.84. The Morgan fingerprint density at radius 2 is 1.82 bits per heavy atom. The van der Waals surface area contributed by atoms with Crippen LogP contribution in [0, 0.1) is 6.08 Å². The molecule has 0 saturated heterocycles. The van der Waals surface area contributed by atoms with Crippen molar-refractivity contribution in [1.29, 1.82) is 0 Å². The van der Waals surface area contributed by atoms with Crippen LogP contribution in [0.1, 0.15) is 11.1 Å². The van der Waals surface area contributed by atoms with Crippen LogP contribution in [0.2, 0.25) is 0 Å². The Hall–Kier alpha value is -2.17. The number of hydrogen-bond donors (Lipinski definition) is 0. The van der Waals surface area contributed by atoms with Gasteiger partial charge >= 0.3 is 0 Å². The number of fused-ring (bicyclic) bond motifs is 3. The van der Waals surface area contributed by atoms with Crippen LogP contribution in [-0.4, -0.2) is 0 Å². The van der Waals surface area contributed by atoms with E-state index in [4.69, 9.17) is 0 Å². The van der Waals surface area contributed by atoms with Crippen molar-refractivity contribution in [2.45, 2.75) is 6.42 Å². The average molecular weight is 215 g/mol. The quantitative estimate of drug-likeness (QED) is 0.581. The summed E-state index contributed by atoms with van der Waals surface area (Å²) < 4.78 is 0. The fraction of sp³-hybridized carbons (Fsp3) is 0.0588. The van der Waals surface area contributed by atoms with Crippen molar-refractivity contribution in [3.05, 3.63) is 77.4 Å². The fourth-order valence-corrected chi connectivity index (χ4v) is 2.76. The second-order valence-electron chi connectivity index (χ2n) is 4.62. The SMILES string of the molecule is [C+]1=CC2=C(C=C1)c1cc3ccccc3cc1C2. The van der Waals surface area contributed by atoms with E-state index in [2.05, 4.69) is 54.6 Å². The predicted molar refractivity (Wildman–Crippen MR) is 71.5 cm³/mol. The molecule has 2 aromatic rings. The summed E-state index contributed by atoms with van der Waals surface area (Å²) in [7, 11) is 0. The monoisotopic (exact) mass is 215 g/mol. The molecule has 0 heterocycles. The van der Waals surface area contributed by atoms with E-state index in [0.29, 0.717) is 0 Å². The molecule has 2 aliphatic rings. The molecule has 0 bridgehead atoms. The molecule has 0 aromatic heterocycles. The summed E-state index contributed by atoms with van der Waals surface area (Å²) in [6.45, 7) is 0. The van der Waals surface area contributed by atoms with Gasteiger partial charge < -0.3 is 0 Å². The lowest BCUT2D eigenvalue weighted by Gasteiger charge is -2.02. The van der Waals surface area contributed by atoms with Crippen molar-refractivity contribution >= 4 is 16.3 Å². The van der Waals surface area contributed by atoms with Gasteiger partial charge in [-0.15, -0.1) is 0 Å². The Balaban J connectivity index is 2.03. The molecule has 0 radical (unpaired) electrons. The van der Waals surface area contributed by atoms with E-state index in [1.165, 1.54) is 33.0 Å². The maximum Gasteiger partial charge on any atom is 0.107 e. The van der Waals surface area contributed by atoms with Gasteiger partial charge in [-0.05, 0) is 28.5 Å². The normalized spacial score (nSPS) is 16.0. The van der Waals surface area contributed by atoms with Crippen molar-refractivity contribution < 1.29 is 0 Å². The van der Waals surface area contributed by atoms with Crippen LogP contribution in [0.15, 0.2) is 60.2 Å². The lowest BCUT2D eigenvalue weighted by molar-refractivity contribution is 1.25. The van der Waals surface area contributed by atoms with Crippen LogP contribution >= 0.6 is 0 Å². The molecule has 17 heavy (non-hydrogen) atoms. The Morgan fingerprint density at radius 3 is 2.71 bits per heavy atom. The lowest BCUT2D eigenvalue weighted by atomic mass is 9.99. The highest BCUT2D eigenvalue weighted by Gasteiger charge is 2.26. The van der Waals surface area contributed by atoms with Gasteiger partial charge in [0.1, 0.15) is 12.2 Å². The van der Waals surface area contributed by atoms with Gasteiger partial charge in [0, 0.05) is 18.1 Å². The number of hydrogen-bond acceptors (Lipinski definition) is 0. The summed E-state index contributed by atoms with van der Waals surface area (Å²) >= 11 is 0. The largest absolute Gasteiger partial charge is 0.107 e. The third-order valence-electron chi connectivity index (χ3n) is 3.59. The van der Waals surface area contributed by atoms with E-state index in [-0.39, 0.29) is 0 Å². The van der Waals surface area contributed by atoms with E-state index in [1.807, 2.05) is 6.08 Å². The Bertz CT molecular complexity index is 712. The van der Waals surface area contributed by atoms with Crippen molar-refractivity contribution in [3.63, 3.8) is 0 Å². The van der Waals surface area contributed by atoms with Gasteiger partial charge in [0.25, 0.3) is 0 Å².